The first-order valence-electron chi connectivity index (χ1n) is 16.8. The van der Waals surface area contributed by atoms with Crippen LogP contribution in [0, 0.1) is 28.6 Å². The first-order chi connectivity index (χ1) is 19.4. The van der Waals surface area contributed by atoms with Gasteiger partial charge in [0.1, 0.15) is 0 Å². The van der Waals surface area contributed by atoms with Crippen LogP contribution >= 0.6 is 0 Å². The molecule has 0 unspecified atom stereocenters. The van der Waals surface area contributed by atoms with Crippen LogP contribution in [0.15, 0.2) is 11.6 Å². The summed E-state index contributed by atoms with van der Waals surface area (Å²) in [5, 5.41) is 23.5. The third-order valence-corrected chi connectivity index (χ3v) is 13.1. The van der Waals surface area contributed by atoms with Crippen molar-refractivity contribution in [2.75, 3.05) is 0 Å². The van der Waals surface area contributed by atoms with Crippen LogP contribution in [0.5, 0.6) is 0 Å². The second-order valence-electron chi connectivity index (χ2n) is 16.5. The molecule has 0 bridgehead atoms. The van der Waals surface area contributed by atoms with E-state index in [-0.39, 0.29) is 47.3 Å². The maximum absolute atomic E-state index is 13.9. The van der Waals surface area contributed by atoms with E-state index < -0.39 is 33.8 Å². The molecule has 5 fully saturated rings. The summed E-state index contributed by atoms with van der Waals surface area (Å²) in [6.45, 7) is 18.6. The molecule has 2 aliphatic heterocycles. The molecule has 0 aromatic rings. The molecule has 0 spiro atoms. The van der Waals surface area contributed by atoms with Crippen LogP contribution in [0.2, 0.25) is 0 Å². The Labute approximate surface area is 253 Å². The van der Waals surface area contributed by atoms with E-state index >= 15 is 0 Å². The van der Waals surface area contributed by atoms with Crippen molar-refractivity contribution in [1.82, 2.24) is 0 Å². The van der Waals surface area contributed by atoms with E-state index in [4.69, 9.17) is 18.9 Å². The van der Waals surface area contributed by atoms with Crippen LogP contribution in [0.3, 0.4) is 0 Å². The van der Waals surface area contributed by atoms with E-state index in [0.29, 0.717) is 25.7 Å². The molecular weight excluding hydrogens is 532 g/mol. The van der Waals surface area contributed by atoms with Crippen molar-refractivity contribution in [3.05, 3.63) is 11.6 Å². The first kappa shape index (κ1) is 31.2. The SMILES string of the molecule is CCC1(CC)O[C@H](CCC(C)(C)O)[C@@](C)([C@H]2CC[C@@]3(O)C4=CC(=O)[C@@H]5C[C@H]6OC(C)(C)O[C@H]6C[C@]5(C)[C@H]4CC[C@]23C)O1. The van der Waals surface area contributed by atoms with Gasteiger partial charge in [0, 0.05) is 11.3 Å². The highest BCUT2D eigenvalue weighted by Crippen LogP contribution is 2.70. The van der Waals surface area contributed by atoms with Crippen molar-refractivity contribution in [2.24, 2.45) is 28.6 Å². The molecule has 6 aliphatic rings. The highest BCUT2D eigenvalue weighted by atomic mass is 16.8. The predicted octanol–water partition coefficient (Wildman–Crippen LogP) is 6.23. The van der Waals surface area contributed by atoms with Crippen molar-refractivity contribution >= 4 is 5.78 Å². The maximum atomic E-state index is 13.9. The Hall–Kier alpha value is -0.830. The van der Waals surface area contributed by atoms with Crippen LogP contribution in [-0.2, 0) is 23.7 Å². The average molecular weight is 589 g/mol. The minimum Gasteiger partial charge on any atom is -0.390 e. The minimum absolute atomic E-state index is 0.0247. The number of fused-ring (bicyclic) bond motifs is 6. The normalized spacial score (nSPS) is 49.2. The molecule has 2 heterocycles. The number of ether oxygens (including phenoxy) is 4. The van der Waals surface area contributed by atoms with E-state index in [1.54, 1.807) is 0 Å². The van der Waals surface area contributed by atoms with Crippen LogP contribution in [0.1, 0.15) is 127 Å². The number of hydrogen-bond donors (Lipinski definition) is 2. The summed E-state index contributed by atoms with van der Waals surface area (Å²) in [6.07, 6.45) is 9.07. The summed E-state index contributed by atoms with van der Waals surface area (Å²) in [5.41, 5.74) is -2.28. The fourth-order valence-corrected chi connectivity index (χ4v) is 10.8. The van der Waals surface area contributed by atoms with Crippen molar-refractivity contribution in [3.8, 4) is 0 Å². The molecule has 0 amide bonds. The van der Waals surface area contributed by atoms with E-state index in [0.717, 1.165) is 44.1 Å². The number of hydrogen-bond acceptors (Lipinski definition) is 7. The highest BCUT2D eigenvalue weighted by molar-refractivity contribution is 5.95. The van der Waals surface area contributed by atoms with Gasteiger partial charge in [-0.25, -0.2) is 0 Å². The van der Waals surface area contributed by atoms with Crippen molar-refractivity contribution in [3.63, 3.8) is 0 Å². The van der Waals surface area contributed by atoms with Crippen molar-refractivity contribution in [2.45, 2.75) is 173 Å². The maximum Gasteiger partial charge on any atom is 0.169 e. The standard InChI is InChI=1S/C35H56O7/c1-10-34(11-2)41-28(14-15-29(3,4)37)33(9,42-34)27-13-17-35(38)22-18-24(36)23-19-25-26(40-30(5,6)39-25)20-31(23,7)21(22)12-16-32(27,35)8/h18,21,23,25-28,37-38H,10-17,19-20H2,1-9H3/t21-,23-,25+,26-,27-,28+,31+,32+,33+,35+/m0/s1. The van der Waals surface area contributed by atoms with Gasteiger partial charge in [0.15, 0.2) is 17.4 Å². The summed E-state index contributed by atoms with van der Waals surface area (Å²) < 4.78 is 26.4. The first-order valence-corrected chi connectivity index (χ1v) is 16.8. The number of rotatable bonds is 6. The van der Waals surface area contributed by atoms with E-state index in [1.807, 2.05) is 33.8 Å². The molecule has 0 aromatic carbocycles. The fraction of sp³-hybridized carbons (Fsp3) is 0.914. The minimum atomic E-state index is -1.08. The molecule has 42 heavy (non-hydrogen) atoms. The van der Waals surface area contributed by atoms with Gasteiger partial charge in [-0.05, 0) is 128 Å². The summed E-state index contributed by atoms with van der Waals surface area (Å²) in [7, 11) is 0. The monoisotopic (exact) mass is 588 g/mol. The molecule has 238 valence electrons. The second kappa shape index (κ2) is 9.59. The topological polar surface area (TPSA) is 94.5 Å². The zero-order chi connectivity index (χ0) is 30.7. The van der Waals surface area contributed by atoms with Gasteiger partial charge >= 0.3 is 0 Å². The highest BCUT2D eigenvalue weighted by Gasteiger charge is 2.72. The summed E-state index contributed by atoms with van der Waals surface area (Å²) >= 11 is 0. The molecule has 0 radical (unpaired) electrons. The van der Waals surface area contributed by atoms with Crippen LogP contribution in [-0.4, -0.2) is 62.7 Å². The van der Waals surface area contributed by atoms with Crippen molar-refractivity contribution in [1.29, 1.82) is 0 Å². The zero-order valence-corrected chi connectivity index (χ0v) is 27.5. The quantitative estimate of drug-likeness (QED) is 0.380. The molecule has 2 saturated heterocycles. The van der Waals surface area contributed by atoms with Crippen LogP contribution < -0.4 is 0 Å². The molecule has 4 aliphatic carbocycles. The van der Waals surface area contributed by atoms with Crippen molar-refractivity contribution < 1.29 is 34.0 Å². The number of carbonyl (C=O) groups is 1. The van der Waals surface area contributed by atoms with Gasteiger partial charge in [-0.2, -0.15) is 0 Å². The molecular formula is C35H56O7. The Kier molecular flexibility index (Phi) is 7.12. The second-order valence-corrected chi connectivity index (χ2v) is 16.5. The smallest absolute Gasteiger partial charge is 0.169 e. The number of ketones is 1. The molecule has 2 N–H and O–H groups in total. The summed E-state index contributed by atoms with van der Waals surface area (Å²) in [4.78, 5) is 13.9. The van der Waals surface area contributed by atoms with Gasteiger partial charge in [0.2, 0.25) is 0 Å². The Morgan fingerprint density at radius 3 is 2.26 bits per heavy atom. The van der Waals surface area contributed by atoms with Crippen LogP contribution in [0.4, 0.5) is 0 Å². The third-order valence-electron chi connectivity index (χ3n) is 13.1. The lowest BCUT2D eigenvalue weighted by molar-refractivity contribution is -0.212. The molecule has 3 saturated carbocycles. The largest absolute Gasteiger partial charge is 0.390 e. The Morgan fingerprint density at radius 2 is 1.62 bits per heavy atom. The van der Waals surface area contributed by atoms with Gasteiger partial charge < -0.3 is 29.2 Å². The Balaban J connectivity index is 1.34. The molecule has 6 rings (SSSR count). The molecule has 7 nitrogen and oxygen atoms in total. The zero-order valence-electron chi connectivity index (χ0n) is 27.5. The molecule has 0 aromatic heterocycles. The van der Waals surface area contributed by atoms with E-state index in [1.165, 1.54) is 0 Å². The van der Waals surface area contributed by atoms with Gasteiger partial charge in [0.25, 0.3) is 0 Å². The van der Waals surface area contributed by atoms with Gasteiger partial charge in [-0.15, -0.1) is 0 Å². The lowest BCUT2D eigenvalue weighted by atomic mass is 9.45. The van der Waals surface area contributed by atoms with E-state index in [2.05, 4.69) is 34.6 Å². The lowest BCUT2D eigenvalue weighted by Gasteiger charge is -2.60. The van der Waals surface area contributed by atoms with Crippen LogP contribution in [0.25, 0.3) is 0 Å². The molecule has 7 heteroatoms. The van der Waals surface area contributed by atoms with Gasteiger partial charge in [-0.3, -0.25) is 4.79 Å². The summed E-state index contributed by atoms with van der Waals surface area (Å²) in [6, 6.07) is 0. The fourth-order valence-electron chi connectivity index (χ4n) is 10.8. The number of aliphatic hydroxyl groups is 2. The number of allylic oxidation sites excluding steroid dienone is 1. The lowest BCUT2D eigenvalue weighted by Crippen LogP contribution is -2.62. The van der Waals surface area contributed by atoms with E-state index in [9.17, 15) is 15.0 Å². The predicted molar refractivity (Wildman–Crippen MR) is 159 cm³/mol. The number of carbonyl (C=O) groups excluding carboxylic acids is 1. The van der Waals surface area contributed by atoms with Gasteiger partial charge in [0.05, 0.1) is 35.1 Å². The average Bonchev–Trinajstić information content (AvgIpc) is 3.46. The molecule has 10 atom stereocenters. The third kappa shape index (κ3) is 4.38. The summed E-state index contributed by atoms with van der Waals surface area (Å²) in [5.74, 6) is -1.08. The Morgan fingerprint density at radius 1 is 0.952 bits per heavy atom. The van der Waals surface area contributed by atoms with Gasteiger partial charge in [-0.1, -0.05) is 27.7 Å². The Bertz CT molecular complexity index is 1130.